The van der Waals surface area contributed by atoms with E-state index in [0.29, 0.717) is 11.3 Å². The van der Waals surface area contributed by atoms with Crippen LogP contribution >= 0.6 is 0 Å². The van der Waals surface area contributed by atoms with E-state index in [9.17, 15) is 20.0 Å². The van der Waals surface area contributed by atoms with Gasteiger partial charge in [-0.2, -0.15) is 0 Å². The van der Waals surface area contributed by atoms with Crippen LogP contribution in [-0.2, 0) is 0 Å². The second kappa shape index (κ2) is 7.96. The summed E-state index contributed by atoms with van der Waals surface area (Å²) in [6, 6.07) is 11.9. The van der Waals surface area contributed by atoms with Crippen molar-refractivity contribution in [2.75, 3.05) is 0 Å². The van der Waals surface area contributed by atoms with Crippen molar-refractivity contribution in [3.05, 3.63) is 81.4 Å². The molecule has 0 radical (unpaired) electrons. The van der Waals surface area contributed by atoms with E-state index in [-0.39, 0.29) is 22.8 Å². The predicted octanol–water partition coefficient (Wildman–Crippen LogP) is 3.91. The standard InChI is InChI=1S/C19H13N3O6/c23-18(24)13-4-2-5-14(10-13)20-11-16-19(25)28-17(21-16)8-7-12-3-1-6-15(9-12)22(26)27/h1-11,25H,(H,23,24). The quantitative estimate of drug-likeness (QED) is 0.376. The van der Waals surface area contributed by atoms with E-state index in [4.69, 9.17) is 9.52 Å². The number of aliphatic imine (C=N–C) groups is 1. The zero-order valence-corrected chi connectivity index (χ0v) is 14.2. The van der Waals surface area contributed by atoms with Gasteiger partial charge in [-0.3, -0.25) is 15.1 Å². The maximum absolute atomic E-state index is 11.0. The minimum absolute atomic E-state index is 0.0474. The molecule has 2 aromatic carbocycles. The van der Waals surface area contributed by atoms with E-state index in [1.165, 1.54) is 36.6 Å². The van der Waals surface area contributed by atoms with E-state index in [0.717, 1.165) is 0 Å². The molecular formula is C19H13N3O6. The molecule has 1 aromatic heterocycles. The van der Waals surface area contributed by atoms with Crippen molar-refractivity contribution in [2.45, 2.75) is 0 Å². The summed E-state index contributed by atoms with van der Waals surface area (Å²) in [6.07, 6.45) is 4.24. The molecule has 0 atom stereocenters. The van der Waals surface area contributed by atoms with Crippen molar-refractivity contribution in [3.63, 3.8) is 0 Å². The third kappa shape index (κ3) is 4.47. The van der Waals surface area contributed by atoms with Crippen LogP contribution in [0.5, 0.6) is 5.95 Å². The lowest BCUT2D eigenvalue weighted by atomic mass is 10.2. The molecule has 3 rings (SSSR count). The molecule has 140 valence electrons. The van der Waals surface area contributed by atoms with E-state index in [1.54, 1.807) is 30.3 Å². The normalized spacial score (nSPS) is 11.3. The largest absolute Gasteiger partial charge is 0.479 e. The highest BCUT2D eigenvalue weighted by molar-refractivity contribution is 5.89. The molecule has 0 aliphatic carbocycles. The Hall–Kier alpha value is -4.27. The van der Waals surface area contributed by atoms with Gasteiger partial charge in [0.2, 0.25) is 5.89 Å². The third-order valence-corrected chi connectivity index (χ3v) is 3.58. The SMILES string of the molecule is O=C(O)c1cccc(N=Cc2nc(C=Cc3cccc([N+](=O)[O-])c3)oc2O)c1. The Balaban J connectivity index is 1.78. The first-order chi connectivity index (χ1) is 13.4. The Morgan fingerprint density at radius 3 is 2.71 bits per heavy atom. The first-order valence-electron chi connectivity index (χ1n) is 7.92. The molecule has 28 heavy (non-hydrogen) atoms. The van der Waals surface area contributed by atoms with Gasteiger partial charge in [-0.05, 0) is 29.8 Å². The van der Waals surface area contributed by atoms with Gasteiger partial charge in [-0.25, -0.2) is 9.78 Å². The summed E-state index contributed by atoms with van der Waals surface area (Å²) in [4.78, 5) is 29.4. The molecule has 0 bridgehead atoms. The van der Waals surface area contributed by atoms with Crippen LogP contribution in [0.3, 0.4) is 0 Å². The summed E-state index contributed by atoms with van der Waals surface area (Å²) in [5.74, 6) is -1.46. The highest BCUT2D eigenvalue weighted by Gasteiger charge is 2.09. The highest BCUT2D eigenvalue weighted by atomic mass is 16.6. The van der Waals surface area contributed by atoms with Gasteiger partial charge in [-0.15, -0.1) is 0 Å². The van der Waals surface area contributed by atoms with Crippen molar-refractivity contribution < 1.29 is 24.3 Å². The molecule has 0 spiro atoms. The lowest BCUT2D eigenvalue weighted by Crippen LogP contribution is -1.94. The number of hydrogen-bond acceptors (Lipinski definition) is 7. The molecule has 0 fully saturated rings. The van der Waals surface area contributed by atoms with Gasteiger partial charge in [0.05, 0.1) is 22.4 Å². The molecule has 0 saturated carbocycles. The number of aromatic carboxylic acids is 1. The monoisotopic (exact) mass is 379 g/mol. The molecule has 0 saturated heterocycles. The summed E-state index contributed by atoms with van der Waals surface area (Å²) < 4.78 is 5.10. The van der Waals surface area contributed by atoms with E-state index in [1.807, 2.05) is 0 Å². The van der Waals surface area contributed by atoms with Crippen LogP contribution < -0.4 is 0 Å². The minimum Gasteiger partial charge on any atom is -0.479 e. The molecule has 0 unspecified atom stereocenters. The lowest BCUT2D eigenvalue weighted by molar-refractivity contribution is -0.384. The zero-order valence-electron chi connectivity index (χ0n) is 14.2. The number of benzene rings is 2. The van der Waals surface area contributed by atoms with E-state index in [2.05, 4.69) is 9.98 Å². The minimum atomic E-state index is -1.07. The number of aromatic hydroxyl groups is 1. The summed E-state index contributed by atoms with van der Waals surface area (Å²) in [5, 5.41) is 29.6. The van der Waals surface area contributed by atoms with Crippen molar-refractivity contribution in [2.24, 2.45) is 4.99 Å². The molecule has 9 heteroatoms. The van der Waals surface area contributed by atoms with Gasteiger partial charge in [0, 0.05) is 18.2 Å². The first-order valence-corrected chi connectivity index (χ1v) is 7.92. The van der Waals surface area contributed by atoms with Crippen molar-refractivity contribution >= 4 is 35.7 Å². The van der Waals surface area contributed by atoms with Gasteiger partial charge in [0.25, 0.3) is 5.69 Å². The van der Waals surface area contributed by atoms with E-state index < -0.39 is 16.8 Å². The Morgan fingerprint density at radius 1 is 1.18 bits per heavy atom. The number of carboxylic acids is 1. The Bertz CT molecular complexity index is 1100. The van der Waals surface area contributed by atoms with Crippen LogP contribution in [0.25, 0.3) is 12.2 Å². The summed E-state index contributed by atoms with van der Waals surface area (Å²) >= 11 is 0. The van der Waals surface area contributed by atoms with E-state index >= 15 is 0 Å². The Labute approximate surface area is 158 Å². The number of hydrogen-bond donors (Lipinski definition) is 2. The lowest BCUT2D eigenvalue weighted by Gasteiger charge is -1.95. The fraction of sp³-hybridized carbons (Fsp3) is 0. The molecular weight excluding hydrogens is 366 g/mol. The van der Waals surface area contributed by atoms with Crippen LogP contribution in [0, 0.1) is 10.1 Å². The fourth-order valence-electron chi connectivity index (χ4n) is 2.26. The zero-order chi connectivity index (χ0) is 20.1. The number of carbonyl (C=O) groups is 1. The molecule has 0 aliphatic rings. The fourth-order valence-corrected chi connectivity index (χ4v) is 2.26. The van der Waals surface area contributed by atoms with Crippen molar-refractivity contribution in [1.82, 2.24) is 4.98 Å². The number of carboxylic acid groups (broad SMARTS) is 1. The second-order valence-electron chi connectivity index (χ2n) is 5.54. The number of nitro benzene ring substituents is 1. The highest BCUT2D eigenvalue weighted by Crippen LogP contribution is 2.21. The van der Waals surface area contributed by atoms with Crippen LogP contribution in [0.2, 0.25) is 0 Å². The Morgan fingerprint density at radius 2 is 1.96 bits per heavy atom. The van der Waals surface area contributed by atoms with Crippen LogP contribution in [0.4, 0.5) is 11.4 Å². The number of rotatable bonds is 6. The van der Waals surface area contributed by atoms with Crippen molar-refractivity contribution in [1.29, 1.82) is 0 Å². The van der Waals surface area contributed by atoms with Gasteiger partial charge in [0.1, 0.15) is 0 Å². The average molecular weight is 379 g/mol. The molecule has 0 aliphatic heterocycles. The first kappa shape index (κ1) is 18.5. The van der Waals surface area contributed by atoms with Gasteiger partial charge in [-0.1, -0.05) is 18.2 Å². The molecule has 9 nitrogen and oxygen atoms in total. The molecule has 3 aromatic rings. The molecule has 1 heterocycles. The summed E-state index contributed by atoms with van der Waals surface area (Å²) in [7, 11) is 0. The van der Waals surface area contributed by atoms with Gasteiger partial charge < -0.3 is 14.6 Å². The van der Waals surface area contributed by atoms with Crippen LogP contribution in [-0.4, -0.2) is 32.3 Å². The predicted molar refractivity (Wildman–Crippen MR) is 101 cm³/mol. The van der Waals surface area contributed by atoms with Gasteiger partial charge in [0.15, 0.2) is 5.69 Å². The third-order valence-electron chi connectivity index (χ3n) is 3.58. The number of aromatic nitrogens is 1. The maximum Gasteiger partial charge on any atom is 0.335 e. The Kier molecular flexibility index (Phi) is 5.26. The van der Waals surface area contributed by atoms with Crippen LogP contribution in [0.1, 0.15) is 27.5 Å². The van der Waals surface area contributed by atoms with Crippen LogP contribution in [0.15, 0.2) is 57.9 Å². The number of non-ortho nitro benzene ring substituents is 1. The smallest absolute Gasteiger partial charge is 0.335 e. The maximum atomic E-state index is 11.0. The van der Waals surface area contributed by atoms with Crippen molar-refractivity contribution in [3.8, 4) is 5.95 Å². The number of oxazole rings is 1. The average Bonchev–Trinajstić information content (AvgIpc) is 3.05. The van der Waals surface area contributed by atoms with Gasteiger partial charge >= 0.3 is 11.9 Å². The second-order valence-corrected chi connectivity index (χ2v) is 5.54. The summed E-state index contributed by atoms with van der Waals surface area (Å²) in [6.45, 7) is 0. The molecule has 0 amide bonds. The summed E-state index contributed by atoms with van der Waals surface area (Å²) in [5.41, 5.74) is 1.02. The number of nitrogens with zero attached hydrogens (tertiary/aromatic N) is 3. The topological polar surface area (TPSA) is 139 Å². The molecule has 2 N–H and O–H groups in total. The number of nitro groups is 1.